The van der Waals surface area contributed by atoms with E-state index in [1.165, 1.54) is 24.4 Å². The van der Waals surface area contributed by atoms with Gasteiger partial charge in [0.1, 0.15) is 16.9 Å². The van der Waals surface area contributed by atoms with E-state index in [0.717, 1.165) is 24.2 Å². The minimum absolute atomic E-state index is 0.245. The molecule has 4 N–H and O–H groups in total. The Hall–Kier alpha value is -3.76. The number of rotatable bonds is 6. The van der Waals surface area contributed by atoms with E-state index in [1.807, 2.05) is 14.1 Å². The highest BCUT2D eigenvalue weighted by atomic mass is 35.5. The number of nitrogens with two attached hydrogens (primary N) is 1. The molecular weight excluding hydrogens is 485 g/mol. The SMILES string of the molecule is CN(C)CCc1c[nH+]c(/C(=C\N)C(=O)N2CCc3[nH]cnc3[C@H]2c2nc3cc(F)ccc3o2)cc1Cl. The first-order valence-corrected chi connectivity index (χ1v) is 11.9. The molecule has 4 aromatic rings. The zero-order valence-electron chi connectivity index (χ0n) is 19.9. The fraction of sp³-hybridized carbons (Fsp3) is 0.280. The molecule has 0 fully saturated rings. The quantitative estimate of drug-likeness (QED) is 0.385. The zero-order chi connectivity index (χ0) is 25.4. The van der Waals surface area contributed by atoms with Crippen LogP contribution >= 0.6 is 11.6 Å². The van der Waals surface area contributed by atoms with E-state index in [0.29, 0.717) is 40.5 Å². The summed E-state index contributed by atoms with van der Waals surface area (Å²) in [4.78, 5) is 32.8. The van der Waals surface area contributed by atoms with Gasteiger partial charge in [0, 0.05) is 49.1 Å². The largest absolute Gasteiger partial charge is 0.438 e. The lowest BCUT2D eigenvalue weighted by molar-refractivity contribution is -0.382. The Morgan fingerprint density at radius 2 is 2.25 bits per heavy atom. The third-order valence-electron chi connectivity index (χ3n) is 6.28. The highest BCUT2D eigenvalue weighted by Gasteiger charge is 2.39. The van der Waals surface area contributed by atoms with Crippen molar-refractivity contribution in [2.24, 2.45) is 5.73 Å². The molecule has 3 aromatic heterocycles. The van der Waals surface area contributed by atoms with E-state index in [1.54, 1.807) is 23.5 Å². The number of imidazole rings is 1. The molecule has 36 heavy (non-hydrogen) atoms. The first-order chi connectivity index (χ1) is 17.4. The number of aromatic nitrogens is 4. The molecule has 1 aliphatic heterocycles. The Balaban J connectivity index is 1.50. The van der Waals surface area contributed by atoms with Crippen molar-refractivity contribution in [2.75, 3.05) is 27.2 Å². The van der Waals surface area contributed by atoms with Crippen molar-refractivity contribution in [3.05, 3.63) is 82.4 Å². The number of halogens is 2. The number of nitrogens with zero attached hydrogens (tertiary/aromatic N) is 4. The van der Waals surface area contributed by atoms with Gasteiger partial charge in [-0.05, 0) is 32.6 Å². The van der Waals surface area contributed by atoms with E-state index >= 15 is 0 Å². The highest BCUT2D eigenvalue weighted by molar-refractivity contribution is 6.31. The molecule has 0 unspecified atom stereocenters. The third kappa shape index (κ3) is 4.45. The molecule has 4 heterocycles. The molecule has 0 saturated carbocycles. The number of fused-ring (bicyclic) bond motifs is 2. The third-order valence-corrected chi connectivity index (χ3v) is 6.63. The van der Waals surface area contributed by atoms with E-state index in [4.69, 9.17) is 21.8 Å². The van der Waals surface area contributed by atoms with Crippen molar-refractivity contribution in [2.45, 2.75) is 18.9 Å². The van der Waals surface area contributed by atoms with Gasteiger partial charge in [-0.2, -0.15) is 0 Å². The fourth-order valence-electron chi connectivity index (χ4n) is 4.40. The normalized spacial score (nSPS) is 16.1. The maximum absolute atomic E-state index is 13.9. The second-order valence-electron chi connectivity index (χ2n) is 8.94. The number of aromatic amines is 2. The predicted molar refractivity (Wildman–Crippen MR) is 132 cm³/mol. The average Bonchev–Trinajstić information content (AvgIpc) is 3.49. The summed E-state index contributed by atoms with van der Waals surface area (Å²) in [6, 6.07) is 5.11. The molecule has 0 aliphatic carbocycles. The van der Waals surface area contributed by atoms with Crippen molar-refractivity contribution in [1.82, 2.24) is 24.8 Å². The van der Waals surface area contributed by atoms with Crippen LogP contribution in [0.1, 0.15) is 34.6 Å². The van der Waals surface area contributed by atoms with Crippen LogP contribution in [0.3, 0.4) is 0 Å². The van der Waals surface area contributed by atoms with Gasteiger partial charge in [-0.1, -0.05) is 11.6 Å². The van der Waals surface area contributed by atoms with E-state index in [2.05, 4.69) is 24.8 Å². The van der Waals surface area contributed by atoms with Gasteiger partial charge >= 0.3 is 0 Å². The first kappa shape index (κ1) is 24.0. The molecule has 1 atom stereocenters. The summed E-state index contributed by atoms with van der Waals surface area (Å²) >= 11 is 6.54. The molecule has 1 amide bonds. The van der Waals surface area contributed by atoms with Gasteiger partial charge in [-0.15, -0.1) is 0 Å². The topological polar surface area (TPSA) is 118 Å². The molecule has 1 aliphatic rings. The van der Waals surface area contributed by atoms with Gasteiger partial charge < -0.3 is 24.9 Å². The van der Waals surface area contributed by atoms with Crippen LogP contribution < -0.4 is 10.7 Å². The van der Waals surface area contributed by atoms with E-state index < -0.39 is 11.9 Å². The molecule has 0 radical (unpaired) electrons. The number of amides is 1. The van der Waals surface area contributed by atoms with Crippen LogP contribution in [-0.4, -0.2) is 57.8 Å². The van der Waals surface area contributed by atoms with Crippen molar-refractivity contribution in [3.8, 4) is 0 Å². The first-order valence-electron chi connectivity index (χ1n) is 11.5. The second kappa shape index (κ2) is 9.71. The minimum Gasteiger partial charge on any atom is -0.438 e. The van der Waals surface area contributed by atoms with Crippen LogP contribution in [0.4, 0.5) is 4.39 Å². The maximum Gasteiger partial charge on any atom is 0.263 e. The lowest BCUT2D eigenvalue weighted by atomic mass is 10.00. The predicted octanol–water partition coefficient (Wildman–Crippen LogP) is 2.74. The Morgan fingerprint density at radius 1 is 1.42 bits per heavy atom. The number of H-pyrrole nitrogens is 2. The number of nitrogens with one attached hydrogen (secondary N) is 2. The van der Waals surface area contributed by atoms with Crippen molar-refractivity contribution in [1.29, 1.82) is 0 Å². The molecule has 0 bridgehead atoms. The number of carbonyl (C=O) groups is 1. The molecule has 0 spiro atoms. The average molecular weight is 511 g/mol. The number of hydrogen-bond donors (Lipinski definition) is 2. The lowest BCUT2D eigenvalue weighted by Gasteiger charge is -2.33. The number of hydrogen-bond acceptors (Lipinski definition) is 6. The summed E-state index contributed by atoms with van der Waals surface area (Å²) in [5, 5.41) is 0.545. The molecule has 186 valence electrons. The van der Waals surface area contributed by atoms with Crippen LogP contribution in [-0.2, 0) is 17.6 Å². The van der Waals surface area contributed by atoms with Gasteiger partial charge in [0.2, 0.25) is 11.6 Å². The molecule has 11 heteroatoms. The van der Waals surface area contributed by atoms with E-state index in [9.17, 15) is 9.18 Å². The zero-order valence-corrected chi connectivity index (χ0v) is 20.6. The van der Waals surface area contributed by atoms with Gasteiger partial charge in [-0.25, -0.2) is 19.3 Å². The van der Waals surface area contributed by atoms with Crippen LogP contribution in [0.25, 0.3) is 16.7 Å². The fourth-order valence-corrected chi connectivity index (χ4v) is 4.66. The summed E-state index contributed by atoms with van der Waals surface area (Å²) in [6.45, 7) is 1.21. The molecule has 9 nitrogen and oxygen atoms in total. The summed E-state index contributed by atoms with van der Waals surface area (Å²) in [6.07, 6.45) is 5.97. The van der Waals surface area contributed by atoms with E-state index in [-0.39, 0.29) is 17.4 Å². The number of pyridine rings is 1. The number of likely N-dealkylation sites (N-methyl/N-ethyl adjacent to an activating group) is 1. The Kier molecular flexibility index (Phi) is 6.46. The molecule has 5 rings (SSSR count). The van der Waals surface area contributed by atoms with Crippen molar-refractivity contribution >= 4 is 34.2 Å². The molecular formula is C25H26ClFN7O2+. The van der Waals surface area contributed by atoms with Gasteiger partial charge in [-0.3, -0.25) is 4.79 Å². The van der Waals surface area contributed by atoms with Crippen LogP contribution in [0.5, 0.6) is 0 Å². The summed E-state index contributed by atoms with van der Waals surface area (Å²) in [7, 11) is 3.99. The monoisotopic (exact) mass is 510 g/mol. The summed E-state index contributed by atoms with van der Waals surface area (Å²) in [5.41, 5.74) is 9.93. The number of carbonyl (C=O) groups excluding carboxylic acids is 1. The number of benzene rings is 1. The Bertz CT molecular complexity index is 1460. The van der Waals surface area contributed by atoms with Crippen LogP contribution in [0, 0.1) is 5.82 Å². The van der Waals surface area contributed by atoms with Crippen LogP contribution in [0.2, 0.25) is 5.02 Å². The molecule has 0 saturated heterocycles. The van der Waals surface area contributed by atoms with Gasteiger partial charge in [0.05, 0.1) is 17.0 Å². The van der Waals surface area contributed by atoms with Crippen molar-refractivity contribution in [3.63, 3.8) is 0 Å². The minimum atomic E-state index is -0.715. The van der Waals surface area contributed by atoms with Crippen molar-refractivity contribution < 1.29 is 18.6 Å². The Labute approximate surface area is 211 Å². The Morgan fingerprint density at radius 3 is 3.00 bits per heavy atom. The molecule has 1 aromatic carbocycles. The maximum atomic E-state index is 13.9. The number of oxazole rings is 1. The van der Waals surface area contributed by atoms with Crippen LogP contribution in [0.15, 0.2) is 47.4 Å². The van der Waals surface area contributed by atoms with Gasteiger partial charge in [0.15, 0.2) is 17.8 Å². The summed E-state index contributed by atoms with van der Waals surface area (Å²) < 4.78 is 19.7. The lowest BCUT2D eigenvalue weighted by Crippen LogP contribution is -2.42. The smallest absolute Gasteiger partial charge is 0.263 e. The van der Waals surface area contributed by atoms with Gasteiger partial charge in [0.25, 0.3) is 5.91 Å². The summed E-state index contributed by atoms with van der Waals surface area (Å²) in [5.74, 6) is -0.512. The standard InChI is InChI=1S/C25H25ClFN7O2/c1-33(2)7-5-14-12-29-19(10-17(14)26)16(11-28)25(35)34-8-6-18-22(31-13-30-18)23(34)24-32-20-9-15(27)3-4-21(20)36-24/h3-4,9-13,23H,5-8,28H2,1-2H3,(H,30,31)/p+1/b16-11+/t23-/m0/s1. The second-order valence-corrected chi connectivity index (χ2v) is 9.34. The highest BCUT2D eigenvalue weighted by Crippen LogP contribution is 2.36.